The molecule has 8 heteroatoms. The first-order valence-corrected chi connectivity index (χ1v) is 9.47. The van der Waals surface area contributed by atoms with Crippen molar-refractivity contribution in [3.8, 4) is 0 Å². The molecule has 1 aromatic heterocycles. The van der Waals surface area contributed by atoms with Crippen LogP contribution in [-0.4, -0.2) is 84.1 Å². The summed E-state index contributed by atoms with van der Waals surface area (Å²) < 4.78 is 6.15. The van der Waals surface area contributed by atoms with Crippen molar-refractivity contribution in [1.82, 2.24) is 19.8 Å². The van der Waals surface area contributed by atoms with Crippen molar-refractivity contribution >= 4 is 17.8 Å². The number of rotatable bonds is 3. The molecule has 0 saturated carbocycles. The number of hydrogen-bond acceptors (Lipinski definition) is 6. The van der Waals surface area contributed by atoms with Gasteiger partial charge in [0.25, 0.3) is 0 Å². The minimum atomic E-state index is -0.395. The third kappa shape index (κ3) is 4.55. The summed E-state index contributed by atoms with van der Waals surface area (Å²) in [6.45, 7) is 6.48. The molecule has 8 nitrogen and oxygen atoms in total. The van der Waals surface area contributed by atoms with Gasteiger partial charge in [-0.1, -0.05) is 0 Å². The zero-order valence-electron chi connectivity index (χ0n) is 16.7. The Morgan fingerprint density at radius 1 is 1.22 bits per heavy atom. The zero-order valence-corrected chi connectivity index (χ0v) is 16.7. The number of aromatic nitrogens is 2. The van der Waals surface area contributed by atoms with Gasteiger partial charge in [-0.15, -0.1) is 0 Å². The summed E-state index contributed by atoms with van der Waals surface area (Å²) in [4.78, 5) is 39.0. The van der Waals surface area contributed by atoms with E-state index in [1.807, 2.05) is 19.9 Å². The zero-order chi connectivity index (χ0) is 19.6. The van der Waals surface area contributed by atoms with Crippen LogP contribution in [0.2, 0.25) is 0 Å². The Hall–Kier alpha value is -2.22. The van der Waals surface area contributed by atoms with E-state index in [1.54, 1.807) is 19.0 Å². The van der Waals surface area contributed by atoms with Gasteiger partial charge in [0.2, 0.25) is 17.8 Å². The summed E-state index contributed by atoms with van der Waals surface area (Å²) in [7, 11) is 3.42. The number of anilines is 1. The van der Waals surface area contributed by atoms with Gasteiger partial charge in [-0.25, -0.2) is 9.97 Å². The highest BCUT2D eigenvalue weighted by molar-refractivity contribution is 5.84. The molecular weight excluding hydrogens is 346 g/mol. The standard InChI is InChI=1S/C19H29N5O3/c1-14-11-15(2)21-18(20-14)23-8-6-19(7-9-23)13-24(12-17(26)22(3)4)16(25)5-10-27-19/h11H,5-10,12-13H2,1-4H3. The number of nitrogens with zero attached hydrogens (tertiary/aromatic N) is 5. The fourth-order valence-corrected chi connectivity index (χ4v) is 3.71. The molecule has 148 valence electrons. The third-order valence-corrected chi connectivity index (χ3v) is 5.31. The molecule has 0 unspecified atom stereocenters. The van der Waals surface area contributed by atoms with Crippen LogP contribution >= 0.6 is 0 Å². The van der Waals surface area contributed by atoms with Gasteiger partial charge in [0.15, 0.2) is 0 Å². The number of aryl methyl sites for hydroxylation is 2. The van der Waals surface area contributed by atoms with Gasteiger partial charge >= 0.3 is 0 Å². The second kappa shape index (κ2) is 7.80. The van der Waals surface area contributed by atoms with Crippen molar-refractivity contribution in [2.75, 3.05) is 51.8 Å². The van der Waals surface area contributed by atoms with E-state index in [1.165, 1.54) is 4.90 Å². The van der Waals surface area contributed by atoms with Crippen LogP contribution in [-0.2, 0) is 14.3 Å². The van der Waals surface area contributed by atoms with Crippen molar-refractivity contribution in [1.29, 1.82) is 0 Å². The smallest absolute Gasteiger partial charge is 0.241 e. The molecule has 0 N–H and O–H groups in total. The molecule has 0 radical (unpaired) electrons. The Labute approximate surface area is 160 Å². The number of ether oxygens (including phenoxy) is 1. The molecule has 1 spiro atoms. The van der Waals surface area contributed by atoms with Crippen molar-refractivity contribution < 1.29 is 14.3 Å². The van der Waals surface area contributed by atoms with Crippen molar-refractivity contribution in [3.05, 3.63) is 17.5 Å². The van der Waals surface area contributed by atoms with Gasteiger partial charge < -0.3 is 19.4 Å². The van der Waals surface area contributed by atoms with Gasteiger partial charge in [-0.3, -0.25) is 9.59 Å². The molecule has 0 aliphatic carbocycles. The van der Waals surface area contributed by atoms with Crippen LogP contribution in [0.4, 0.5) is 5.95 Å². The Bertz CT molecular complexity index is 693. The summed E-state index contributed by atoms with van der Waals surface area (Å²) in [6.07, 6.45) is 1.89. The number of amides is 2. The lowest BCUT2D eigenvalue weighted by Crippen LogP contribution is -2.53. The number of hydrogen-bond donors (Lipinski definition) is 0. The number of carbonyl (C=O) groups is 2. The van der Waals surface area contributed by atoms with E-state index in [2.05, 4.69) is 14.9 Å². The van der Waals surface area contributed by atoms with Gasteiger partial charge in [0.05, 0.1) is 31.7 Å². The van der Waals surface area contributed by atoms with Gasteiger partial charge in [-0.05, 0) is 32.8 Å². The molecule has 3 heterocycles. The Morgan fingerprint density at radius 3 is 2.44 bits per heavy atom. The van der Waals surface area contributed by atoms with Crippen LogP contribution in [0.3, 0.4) is 0 Å². The predicted octanol–water partition coefficient (Wildman–Crippen LogP) is 0.770. The lowest BCUT2D eigenvalue weighted by Gasteiger charge is -2.42. The number of carbonyl (C=O) groups excluding carboxylic acids is 2. The monoisotopic (exact) mass is 375 g/mol. The average Bonchev–Trinajstić information content (AvgIpc) is 2.74. The first-order valence-electron chi connectivity index (χ1n) is 9.47. The second-order valence-corrected chi connectivity index (χ2v) is 7.76. The van der Waals surface area contributed by atoms with E-state index < -0.39 is 5.60 Å². The molecule has 2 fully saturated rings. The van der Waals surface area contributed by atoms with Gasteiger partial charge in [0.1, 0.15) is 0 Å². The fourth-order valence-electron chi connectivity index (χ4n) is 3.71. The minimum Gasteiger partial charge on any atom is -0.372 e. The minimum absolute atomic E-state index is 0.0119. The SMILES string of the molecule is Cc1cc(C)nc(N2CCC3(CC2)CN(CC(=O)N(C)C)C(=O)CCO3)n1. The van der Waals surface area contributed by atoms with E-state index in [9.17, 15) is 9.59 Å². The quantitative estimate of drug-likeness (QED) is 0.777. The number of piperidine rings is 1. The summed E-state index contributed by atoms with van der Waals surface area (Å²) in [5.41, 5.74) is 1.53. The maximum Gasteiger partial charge on any atom is 0.241 e. The molecular formula is C19H29N5O3. The summed E-state index contributed by atoms with van der Waals surface area (Å²) in [5.74, 6) is 0.676. The highest BCUT2D eigenvalue weighted by Crippen LogP contribution is 2.31. The molecule has 3 rings (SSSR count). The molecule has 1 aromatic rings. The number of likely N-dealkylation sites (N-methyl/N-ethyl adjacent to an activating group) is 1. The van der Waals surface area contributed by atoms with E-state index >= 15 is 0 Å². The highest BCUT2D eigenvalue weighted by atomic mass is 16.5. The van der Waals surface area contributed by atoms with Crippen LogP contribution in [0.15, 0.2) is 6.07 Å². The lowest BCUT2D eigenvalue weighted by atomic mass is 9.90. The Kier molecular flexibility index (Phi) is 5.64. The van der Waals surface area contributed by atoms with E-state index in [-0.39, 0.29) is 18.4 Å². The molecule has 2 amide bonds. The normalized spacial score (nSPS) is 19.9. The summed E-state index contributed by atoms with van der Waals surface area (Å²) >= 11 is 0. The van der Waals surface area contributed by atoms with E-state index in [0.29, 0.717) is 19.6 Å². The second-order valence-electron chi connectivity index (χ2n) is 7.76. The van der Waals surface area contributed by atoms with E-state index in [4.69, 9.17) is 4.74 Å². The van der Waals surface area contributed by atoms with Gasteiger partial charge in [-0.2, -0.15) is 0 Å². The van der Waals surface area contributed by atoms with Crippen molar-refractivity contribution in [2.24, 2.45) is 0 Å². The highest BCUT2D eigenvalue weighted by Gasteiger charge is 2.41. The average molecular weight is 375 g/mol. The molecule has 27 heavy (non-hydrogen) atoms. The maximum atomic E-state index is 12.4. The molecule has 2 saturated heterocycles. The van der Waals surface area contributed by atoms with E-state index in [0.717, 1.165) is 43.3 Å². The summed E-state index contributed by atoms with van der Waals surface area (Å²) in [6, 6.07) is 1.97. The lowest BCUT2D eigenvalue weighted by molar-refractivity contribution is -0.139. The maximum absolute atomic E-state index is 12.4. The van der Waals surface area contributed by atoms with Crippen LogP contribution < -0.4 is 4.90 Å². The Morgan fingerprint density at radius 2 is 1.85 bits per heavy atom. The molecule has 2 aliphatic rings. The first kappa shape index (κ1) is 19.5. The largest absolute Gasteiger partial charge is 0.372 e. The molecule has 2 aliphatic heterocycles. The predicted molar refractivity (Wildman–Crippen MR) is 102 cm³/mol. The van der Waals surface area contributed by atoms with Crippen LogP contribution in [0.1, 0.15) is 30.7 Å². The summed E-state index contributed by atoms with van der Waals surface area (Å²) in [5, 5.41) is 0. The van der Waals surface area contributed by atoms with Crippen LogP contribution in [0.25, 0.3) is 0 Å². The van der Waals surface area contributed by atoms with Crippen molar-refractivity contribution in [2.45, 2.75) is 38.7 Å². The van der Waals surface area contributed by atoms with Crippen LogP contribution in [0, 0.1) is 13.8 Å². The molecule has 0 atom stereocenters. The topological polar surface area (TPSA) is 78.9 Å². The van der Waals surface area contributed by atoms with Gasteiger partial charge in [0, 0.05) is 38.6 Å². The fraction of sp³-hybridized carbons (Fsp3) is 0.684. The van der Waals surface area contributed by atoms with Crippen molar-refractivity contribution in [3.63, 3.8) is 0 Å². The third-order valence-electron chi connectivity index (χ3n) is 5.31. The first-order chi connectivity index (χ1) is 12.8. The Balaban J connectivity index is 1.69. The molecule has 0 aromatic carbocycles. The molecule has 0 bridgehead atoms. The van der Waals surface area contributed by atoms with Crippen LogP contribution in [0.5, 0.6) is 0 Å².